The zero-order valence-electron chi connectivity index (χ0n) is 6.66. The zero-order valence-corrected chi connectivity index (χ0v) is 6.66. The number of ether oxygens (including phenoxy) is 1. The minimum Gasteiger partial charge on any atom is -0.469 e. The number of rotatable bonds is 4. The van der Waals surface area contributed by atoms with Gasteiger partial charge in [-0.2, -0.15) is 0 Å². The van der Waals surface area contributed by atoms with Crippen molar-refractivity contribution in [2.24, 2.45) is 0 Å². The van der Waals surface area contributed by atoms with Gasteiger partial charge in [-0.3, -0.25) is 10.1 Å². The van der Waals surface area contributed by atoms with Crippen LogP contribution in [0.4, 0.5) is 0 Å². The SMILES string of the molecule is C=C(C)C(CC(=O)OC)OO. The van der Waals surface area contributed by atoms with Crippen LogP contribution in [0.5, 0.6) is 0 Å². The van der Waals surface area contributed by atoms with Crippen molar-refractivity contribution >= 4 is 5.97 Å². The molecule has 0 saturated heterocycles. The van der Waals surface area contributed by atoms with Crippen LogP contribution in [0.3, 0.4) is 0 Å². The van der Waals surface area contributed by atoms with Gasteiger partial charge in [-0.25, -0.2) is 4.89 Å². The highest BCUT2D eigenvalue weighted by Gasteiger charge is 2.14. The van der Waals surface area contributed by atoms with Crippen LogP contribution < -0.4 is 0 Å². The molecule has 1 atom stereocenters. The average molecular weight is 160 g/mol. The van der Waals surface area contributed by atoms with Gasteiger partial charge in [0.05, 0.1) is 13.5 Å². The quantitative estimate of drug-likeness (QED) is 0.288. The van der Waals surface area contributed by atoms with Gasteiger partial charge in [0, 0.05) is 0 Å². The minimum absolute atomic E-state index is 0.0116. The molecule has 11 heavy (non-hydrogen) atoms. The third-order valence-corrected chi connectivity index (χ3v) is 1.26. The Bertz CT molecular complexity index is 153. The second-order valence-corrected chi connectivity index (χ2v) is 2.22. The van der Waals surface area contributed by atoms with Crippen molar-refractivity contribution in [3.05, 3.63) is 12.2 Å². The van der Waals surface area contributed by atoms with E-state index in [1.807, 2.05) is 0 Å². The van der Waals surface area contributed by atoms with Crippen molar-refractivity contribution in [2.75, 3.05) is 7.11 Å². The Hall–Kier alpha value is -0.870. The molecule has 0 spiro atoms. The lowest BCUT2D eigenvalue weighted by molar-refractivity contribution is -0.269. The van der Waals surface area contributed by atoms with Gasteiger partial charge < -0.3 is 4.74 Å². The van der Waals surface area contributed by atoms with E-state index in [2.05, 4.69) is 16.2 Å². The van der Waals surface area contributed by atoms with Gasteiger partial charge >= 0.3 is 5.97 Å². The molecule has 0 saturated carbocycles. The predicted octanol–water partition coefficient (Wildman–Crippen LogP) is 0.984. The molecule has 0 fully saturated rings. The molecule has 0 aromatic rings. The van der Waals surface area contributed by atoms with Crippen LogP contribution in [0.2, 0.25) is 0 Å². The highest BCUT2D eigenvalue weighted by molar-refractivity contribution is 5.70. The van der Waals surface area contributed by atoms with Gasteiger partial charge in [0.15, 0.2) is 0 Å². The fraction of sp³-hybridized carbons (Fsp3) is 0.571. The van der Waals surface area contributed by atoms with E-state index in [0.717, 1.165) is 0 Å². The summed E-state index contributed by atoms with van der Waals surface area (Å²) in [5, 5.41) is 8.27. The second kappa shape index (κ2) is 4.87. The first-order valence-corrected chi connectivity index (χ1v) is 3.14. The van der Waals surface area contributed by atoms with E-state index in [1.54, 1.807) is 6.92 Å². The molecule has 0 aliphatic heterocycles. The van der Waals surface area contributed by atoms with Gasteiger partial charge in [-0.05, 0) is 12.5 Å². The first kappa shape index (κ1) is 10.1. The van der Waals surface area contributed by atoms with Crippen molar-refractivity contribution in [3.63, 3.8) is 0 Å². The molecule has 0 aromatic heterocycles. The first-order chi connectivity index (χ1) is 5.11. The maximum absolute atomic E-state index is 10.6. The Morgan fingerprint density at radius 3 is 2.55 bits per heavy atom. The zero-order chi connectivity index (χ0) is 8.85. The van der Waals surface area contributed by atoms with Crippen LogP contribution in [-0.4, -0.2) is 24.4 Å². The molecule has 4 heteroatoms. The first-order valence-electron chi connectivity index (χ1n) is 3.14. The molecule has 0 amide bonds. The summed E-state index contributed by atoms with van der Waals surface area (Å²) in [6, 6.07) is 0. The molecule has 0 heterocycles. The van der Waals surface area contributed by atoms with E-state index >= 15 is 0 Å². The predicted molar refractivity (Wildman–Crippen MR) is 38.9 cm³/mol. The Balaban J connectivity index is 3.88. The molecule has 4 nitrogen and oxygen atoms in total. The summed E-state index contributed by atoms with van der Waals surface area (Å²) in [6.45, 7) is 5.18. The van der Waals surface area contributed by atoms with Crippen LogP contribution >= 0.6 is 0 Å². The van der Waals surface area contributed by atoms with E-state index in [9.17, 15) is 4.79 Å². The Kier molecular flexibility index (Phi) is 4.49. The average Bonchev–Trinajstić information content (AvgIpc) is 1.99. The minimum atomic E-state index is -0.664. The van der Waals surface area contributed by atoms with Crippen LogP contribution in [0, 0.1) is 0 Å². The second-order valence-electron chi connectivity index (χ2n) is 2.22. The number of hydrogen-bond donors (Lipinski definition) is 1. The largest absolute Gasteiger partial charge is 0.469 e. The molecule has 64 valence electrons. The van der Waals surface area contributed by atoms with E-state index in [0.29, 0.717) is 5.57 Å². The molecule has 0 rings (SSSR count). The molecule has 0 radical (unpaired) electrons. The van der Waals surface area contributed by atoms with Crippen molar-refractivity contribution < 1.29 is 19.7 Å². The molecular weight excluding hydrogens is 148 g/mol. The van der Waals surface area contributed by atoms with Crippen LogP contribution in [0.25, 0.3) is 0 Å². The summed E-state index contributed by atoms with van der Waals surface area (Å²) in [7, 11) is 1.27. The third-order valence-electron chi connectivity index (χ3n) is 1.26. The lowest BCUT2D eigenvalue weighted by Crippen LogP contribution is -2.17. The number of carbonyl (C=O) groups excluding carboxylic acids is 1. The van der Waals surface area contributed by atoms with Crippen molar-refractivity contribution in [1.29, 1.82) is 0 Å². The number of carbonyl (C=O) groups is 1. The Morgan fingerprint density at radius 2 is 2.27 bits per heavy atom. The lowest BCUT2D eigenvalue weighted by Gasteiger charge is -2.10. The fourth-order valence-corrected chi connectivity index (χ4v) is 0.536. The number of methoxy groups -OCH3 is 1. The standard InChI is InChI=1S/C7H12O4/c1-5(2)6(11-9)4-7(8)10-3/h6,9H,1,4H2,2-3H3. The Labute approximate surface area is 65.4 Å². The van der Waals surface area contributed by atoms with E-state index in [4.69, 9.17) is 5.26 Å². The smallest absolute Gasteiger partial charge is 0.308 e. The maximum atomic E-state index is 10.6. The summed E-state index contributed by atoms with van der Waals surface area (Å²) in [5.41, 5.74) is 0.581. The van der Waals surface area contributed by atoms with Gasteiger partial charge in [-0.1, -0.05) is 6.58 Å². The van der Waals surface area contributed by atoms with Gasteiger partial charge in [0.2, 0.25) is 0 Å². The van der Waals surface area contributed by atoms with Crippen LogP contribution in [0.15, 0.2) is 12.2 Å². The summed E-state index contributed by atoms with van der Waals surface area (Å²) in [6.07, 6.45) is -0.676. The summed E-state index contributed by atoms with van der Waals surface area (Å²) >= 11 is 0. The molecule has 1 N–H and O–H groups in total. The molecule has 0 bridgehead atoms. The number of hydrogen-bond acceptors (Lipinski definition) is 4. The van der Waals surface area contributed by atoms with E-state index in [-0.39, 0.29) is 6.42 Å². The summed E-state index contributed by atoms with van der Waals surface area (Å²) in [5.74, 6) is -0.438. The molecule has 0 aromatic carbocycles. The molecular formula is C7H12O4. The molecule has 0 aliphatic carbocycles. The Morgan fingerprint density at radius 1 is 1.73 bits per heavy atom. The topological polar surface area (TPSA) is 55.8 Å². The molecule has 1 unspecified atom stereocenters. The van der Waals surface area contributed by atoms with Crippen molar-refractivity contribution in [2.45, 2.75) is 19.4 Å². The lowest BCUT2D eigenvalue weighted by atomic mass is 10.1. The fourth-order valence-electron chi connectivity index (χ4n) is 0.536. The summed E-state index contributed by atoms with van der Waals surface area (Å²) < 4.78 is 4.36. The maximum Gasteiger partial charge on any atom is 0.308 e. The third kappa shape index (κ3) is 3.75. The monoisotopic (exact) mass is 160 g/mol. The van der Waals surface area contributed by atoms with Gasteiger partial charge in [-0.15, -0.1) is 0 Å². The normalized spacial score (nSPS) is 12.3. The van der Waals surface area contributed by atoms with Gasteiger partial charge in [0.25, 0.3) is 0 Å². The molecule has 0 aliphatic rings. The highest BCUT2D eigenvalue weighted by Crippen LogP contribution is 2.07. The van der Waals surface area contributed by atoms with Crippen LogP contribution in [0.1, 0.15) is 13.3 Å². The summed E-state index contributed by atoms with van der Waals surface area (Å²) in [4.78, 5) is 14.6. The van der Waals surface area contributed by atoms with E-state index in [1.165, 1.54) is 7.11 Å². The van der Waals surface area contributed by atoms with Crippen molar-refractivity contribution in [3.8, 4) is 0 Å². The highest BCUT2D eigenvalue weighted by atomic mass is 17.1. The number of esters is 1. The van der Waals surface area contributed by atoms with Gasteiger partial charge in [0.1, 0.15) is 6.10 Å². The van der Waals surface area contributed by atoms with Crippen molar-refractivity contribution in [1.82, 2.24) is 0 Å². The van der Waals surface area contributed by atoms with Crippen LogP contribution in [-0.2, 0) is 14.4 Å². The van der Waals surface area contributed by atoms with E-state index < -0.39 is 12.1 Å².